The summed E-state index contributed by atoms with van der Waals surface area (Å²) < 4.78 is 0. The first-order valence-electron chi connectivity index (χ1n) is 4.90. The number of nitrogen functional groups attached to an aromatic ring is 1. The summed E-state index contributed by atoms with van der Waals surface area (Å²) in [7, 11) is 0. The molecule has 1 aliphatic heterocycles. The quantitative estimate of drug-likeness (QED) is 0.684. The Balaban J connectivity index is 2.31. The molecule has 0 atom stereocenters. The maximum atomic E-state index is 5.99. The van der Waals surface area contributed by atoms with Gasteiger partial charge in [0.25, 0.3) is 0 Å². The number of nitrogens with two attached hydrogens (primary N) is 1. The molecule has 2 N–H and O–H groups in total. The third kappa shape index (κ3) is 1.58. The minimum Gasteiger partial charge on any atom is -0.396 e. The Morgan fingerprint density at radius 1 is 1.43 bits per heavy atom. The summed E-state index contributed by atoms with van der Waals surface area (Å²) in [6.45, 7) is 3.94. The van der Waals surface area contributed by atoms with Crippen molar-refractivity contribution in [2.45, 2.75) is 13.3 Å². The van der Waals surface area contributed by atoms with Gasteiger partial charge in [0.1, 0.15) is 0 Å². The second-order valence-electron chi connectivity index (χ2n) is 3.57. The lowest BCUT2D eigenvalue weighted by Gasteiger charge is -2.25. The molecule has 0 saturated carbocycles. The number of nitrogens with zero attached hydrogens (tertiary/aromatic N) is 2. The number of anilines is 2. The van der Waals surface area contributed by atoms with Gasteiger partial charge in [-0.3, -0.25) is 0 Å². The van der Waals surface area contributed by atoms with E-state index in [9.17, 15) is 0 Å². The van der Waals surface area contributed by atoms with E-state index in [0.717, 1.165) is 36.6 Å². The zero-order valence-corrected chi connectivity index (χ0v) is 8.40. The van der Waals surface area contributed by atoms with Crippen molar-refractivity contribution in [3.05, 3.63) is 30.0 Å². The van der Waals surface area contributed by atoms with Crippen molar-refractivity contribution in [2.75, 3.05) is 23.7 Å². The number of rotatable bonds is 1. The Labute approximate surface area is 84.2 Å². The standard InChI is InChI=1S/C11H15N3/c1-9-5-6-13-11(10(9)12)14-7-3-2-4-8-14/h2-3,5-6H,4,7-8,12H2,1H3. The first-order chi connectivity index (χ1) is 6.79. The average molecular weight is 189 g/mol. The van der Waals surface area contributed by atoms with Crippen molar-refractivity contribution in [1.29, 1.82) is 0 Å². The highest BCUT2D eigenvalue weighted by Crippen LogP contribution is 2.24. The van der Waals surface area contributed by atoms with Crippen molar-refractivity contribution in [2.24, 2.45) is 0 Å². The fourth-order valence-corrected chi connectivity index (χ4v) is 1.64. The maximum absolute atomic E-state index is 5.99. The highest BCUT2D eigenvalue weighted by molar-refractivity contribution is 5.66. The fourth-order valence-electron chi connectivity index (χ4n) is 1.64. The molecule has 0 saturated heterocycles. The Bertz CT molecular complexity index is 358. The molecular formula is C11H15N3. The van der Waals surface area contributed by atoms with E-state index in [1.54, 1.807) is 0 Å². The van der Waals surface area contributed by atoms with Crippen LogP contribution in [0.5, 0.6) is 0 Å². The third-order valence-electron chi connectivity index (χ3n) is 2.54. The van der Waals surface area contributed by atoms with Gasteiger partial charge in [0.2, 0.25) is 0 Å². The molecule has 0 spiro atoms. The van der Waals surface area contributed by atoms with Crippen LogP contribution in [-0.2, 0) is 0 Å². The van der Waals surface area contributed by atoms with Gasteiger partial charge in [-0.15, -0.1) is 0 Å². The van der Waals surface area contributed by atoms with Gasteiger partial charge in [-0.1, -0.05) is 12.2 Å². The Kier molecular flexibility index (Phi) is 2.39. The van der Waals surface area contributed by atoms with Crippen LogP contribution in [0.15, 0.2) is 24.4 Å². The van der Waals surface area contributed by atoms with E-state index >= 15 is 0 Å². The molecule has 0 aromatic carbocycles. The van der Waals surface area contributed by atoms with Crippen LogP contribution < -0.4 is 10.6 Å². The fraction of sp³-hybridized carbons (Fsp3) is 0.364. The van der Waals surface area contributed by atoms with Crippen molar-refractivity contribution in [3.8, 4) is 0 Å². The summed E-state index contributed by atoms with van der Waals surface area (Å²) in [5.74, 6) is 0.925. The largest absolute Gasteiger partial charge is 0.396 e. The smallest absolute Gasteiger partial charge is 0.152 e. The van der Waals surface area contributed by atoms with Crippen LogP contribution >= 0.6 is 0 Å². The zero-order valence-electron chi connectivity index (χ0n) is 8.40. The van der Waals surface area contributed by atoms with Gasteiger partial charge in [-0.05, 0) is 25.0 Å². The number of hydrogen-bond donors (Lipinski definition) is 1. The van der Waals surface area contributed by atoms with Gasteiger partial charge in [0.15, 0.2) is 5.82 Å². The van der Waals surface area contributed by atoms with Crippen LogP contribution in [0.4, 0.5) is 11.5 Å². The Morgan fingerprint density at radius 2 is 2.29 bits per heavy atom. The molecule has 0 amide bonds. The molecule has 2 rings (SSSR count). The molecule has 0 aliphatic carbocycles. The second kappa shape index (κ2) is 3.70. The maximum Gasteiger partial charge on any atom is 0.152 e. The molecule has 14 heavy (non-hydrogen) atoms. The highest BCUT2D eigenvalue weighted by atomic mass is 15.2. The SMILES string of the molecule is Cc1ccnc(N2CC=CCC2)c1N. The van der Waals surface area contributed by atoms with Crippen molar-refractivity contribution >= 4 is 11.5 Å². The lowest BCUT2D eigenvalue weighted by molar-refractivity contribution is 0.806. The van der Waals surface area contributed by atoms with E-state index in [1.807, 2.05) is 19.2 Å². The van der Waals surface area contributed by atoms with Crippen molar-refractivity contribution in [3.63, 3.8) is 0 Å². The minimum atomic E-state index is 0.808. The predicted molar refractivity (Wildman–Crippen MR) is 59.4 cm³/mol. The number of aryl methyl sites for hydroxylation is 1. The monoisotopic (exact) mass is 189 g/mol. The van der Waals surface area contributed by atoms with E-state index in [-0.39, 0.29) is 0 Å². The Morgan fingerprint density at radius 3 is 3.00 bits per heavy atom. The molecule has 3 heteroatoms. The summed E-state index contributed by atoms with van der Waals surface area (Å²) in [5, 5.41) is 0. The van der Waals surface area contributed by atoms with Crippen LogP contribution in [0.25, 0.3) is 0 Å². The van der Waals surface area contributed by atoms with Gasteiger partial charge in [0, 0.05) is 19.3 Å². The number of pyridine rings is 1. The first-order valence-corrected chi connectivity index (χ1v) is 4.90. The van der Waals surface area contributed by atoms with Gasteiger partial charge < -0.3 is 10.6 Å². The molecule has 74 valence electrons. The Hall–Kier alpha value is -1.51. The molecule has 2 heterocycles. The molecule has 1 aromatic heterocycles. The first kappa shape index (κ1) is 9.06. The normalized spacial score (nSPS) is 15.9. The van der Waals surface area contributed by atoms with E-state index in [2.05, 4.69) is 22.0 Å². The zero-order chi connectivity index (χ0) is 9.97. The predicted octanol–water partition coefficient (Wildman–Crippen LogP) is 1.74. The molecular weight excluding hydrogens is 174 g/mol. The summed E-state index contributed by atoms with van der Waals surface area (Å²) >= 11 is 0. The van der Waals surface area contributed by atoms with E-state index < -0.39 is 0 Å². The molecule has 1 aromatic rings. The highest BCUT2D eigenvalue weighted by Gasteiger charge is 2.12. The van der Waals surface area contributed by atoms with Crippen molar-refractivity contribution in [1.82, 2.24) is 4.98 Å². The topological polar surface area (TPSA) is 42.2 Å². The summed E-state index contributed by atoms with van der Waals surface area (Å²) in [6.07, 6.45) is 7.25. The molecule has 0 bridgehead atoms. The second-order valence-corrected chi connectivity index (χ2v) is 3.57. The minimum absolute atomic E-state index is 0.808. The molecule has 1 aliphatic rings. The number of aromatic nitrogens is 1. The lowest BCUT2D eigenvalue weighted by atomic mass is 10.2. The van der Waals surface area contributed by atoms with Crippen LogP contribution in [0.2, 0.25) is 0 Å². The van der Waals surface area contributed by atoms with Gasteiger partial charge in [-0.25, -0.2) is 4.98 Å². The van der Waals surface area contributed by atoms with Crippen LogP contribution in [0.1, 0.15) is 12.0 Å². The van der Waals surface area contributed by atoms with E-state index in [1.165, 1.54) is 0 Å². The number of hydrogen-bond acceptors (Lipinski definition) is 3. The van der Waals surface area contributed by atoms with E-state index in [0.29, 0.717) is 0 Å². The van der Waals surface area contributed by atoms with Gasteiger partial charge in [0.05, 0.1) is 5.69 Å². The summed E-state index contributed by atoms with van der Waals surface area (Å²) in [6, 6.07) is 1.94. The molecule has 0 fully saturated rings. The third-order valence-corrected chi connectivity index (χ3v) is 2.54. The molecule has 0 unspecified atom stereocenters. The molecule has 0 radical (unpaired) electrons. The summed E-state index contributed by atoms with van der Waals surface area (Å²) in [4.78, 5) is 6.54. The van der Waals surface area contributed by atoms with Crippen LogP contribution in [-0.4, -0.2) is 18.1 Å². The van der Waals surface area contributed by atoms with Crippen molar-refractivity contribution < 1.29 is 0 Å². The summed E-state index contributed by atoms with van der Waals surface area (Å²) in [5.41, 5.74) is 7.89. The lowest BCUT2D eigenvalue weighted by Crippen LogP contribution is -2.28. The average Bonchev–Trinajstić information content (AvgIpc) is 2.23. The molecule has 3 nitrogen and oxygen atoms in total. The van der Waals surface area contributed by atoms with Crippen LogP contribution in [0.3, 0.4) is 0 Å². The van der Waals surface area contributed by atoms with Gasteiger partial charge in [-0.2, -0.15) is 0 Å². The van der Waals surface area contributed by atoms with E-state index in [4.69, 9.17) is 5.73 Å². The van der Waals surface area contributed by atoms with Crippen LogP contribution in [0, 0.1) is 6.92 Å². The van der Waals surface area contributed by atoms with Gasteiger partial charge >= 0.3 is 0 Å².